The van der Waals surface area contributed by atoms with Crippen LogP contribution in [0.3, 0.4) is 0 Å². The molecule has 8 rings (SSSR count). The molecule has 14 heteroatoms. The van der Waals surface area contributed by atoms with Gasteiger partial charge in [0.15, 0.2) is 23.2 Å². The summed E-state index contributed by atoms with van der Waals surface area (Å²) in [5.41, 5.74) is 1.35. The highest BCUT2D eigenvalue weighted by molar-refractivity contribution is 7.45. The van der Waals surface area contributed by atoms with Crippen molar-refractivity contribution in [2.24, 2.45) is 0 Å². The Morgan fingerprint density at radius 1 is 0.961 bits per heavy atom. The molecule has 51 heavy (non-hydrogen) atoms. The lowest BCUT2D eigenvalue weighted by Gasteiger charge is -2.32. The Bertz CT molecular complexity index is 1920. The Morgan fingerprint density at radius 2 is 1.65 bits per heavy atom. The number of aliphatic hydroxyl groups excluding tert-OH is 1. The number of hydrogen-bond donors (Lipinski definition) is 2. The van der Waals surface area contributed by atoms with Crippen molar-refractivity contribution < 1.29 is 28.4 Å². The number of carbonyl (C=O) groups is 1. The average molecular weight is 725 g/mol. The van der Waals surface area contributed by atoms with Gasteiger partial charge in [-0.25, -0.2) is 19.6 Å². The number of methoxy groups -OCH3 is 1. The molecule has 1 unspecified atom stereocenters. The van der Waals surface area contributed by atoms with Crippen molar-refractivity contribution in [1.29, 1.82) is 0 Å². The van der Waals surface area contributed by atoms with E-state index < -0.39 is 41.1 Å². The number of rotatable bonds is 11. The number of benzene rings is 3. The third kappa shape index (κ3) is 6.42. The van der Waals surface area contributed by atoms with Crippen LogP contribution in [-0.4, -0.2) is 94.0 Å². The van der Waals surface area contributed by atoms with E-state index in [9.17, 15) is 9.90 Å². The van der Waals surface area contributed by atoms with Crippen LogP contribution in [0.15, 0.2) is 104 Å². The minimum atomic E-state index is -2.18. The molecule has 0 spiro atoms. The number of fused-ring (bicyclic) bond motifs is 2. The second kappa shape index (κ2) is 14.6. The Kier molecular flexibility index (Phi) is 9.79. The molecule has 12 nitrogen and oxygen atoms in total. The largest absolute Gasteiger partial charge is 0.394 e. The molecule has 0 saturated carbocycles. The zero-order valence-corrected chi connectivity index (χ0v) is 30.4. The topological polar surface area (TPSA) is 133 Å². The molecule has 3 aromatic carbocycles. The number of nitrogens with one attached hydrogen (secondary N) is 1. The Labute approximate surface area is 298 Å². The first-order valence-corrected chi connectivity index (χ1v) is 21.2. The van der Waals surface area contributed by atoms with Gasteiger partial charge in [0.2, 0.25) is 0 Å². The number of imidazole rings is 1. The Balaban J connectivity index is 1.04. The van der Waals surface area contributed by atoms with Crippen LogP contribution in [0, 0.1) is 0 Å². The van der Waals surface area contributed by atoms with Gasteiger partial charge in [0, 0.05) is 25.3 Å². The summed E-state index contributed by atoms with van der Waals surface area (Å²) in [5, 5.41) is 16.2. The van der Waals surface area contributed by atoms with E-state index in [-0.39, 0.29) is 30.5 Å². The van der Waals surface area contributed by atoms with E-state index in [1.54, 1.807) is 42.3 Å². The van der Waals surface area contributed by atoms with Gasteiger partial charge < -0.3 is 28.9 Å². The summed E-state index contributed by atoms with van der Waals surface area (Å²) in [6, 6.07) is 31.8. The molecule has 0 radical (unpaired) electrons. The maximum atomic E-state index is 12.9. The van der Waals surface area contributed by atoms with Gasteiger partial charge in [-0.3, -0.25) is 9.36 Å². The highest BCUT2D eigenvalue weighted by Gasteiger charge is 2.54. The molecule has 1 amide bonds. The van der Waals surface area contributed by atoms with Crippen molar-refractivity contribution in [3.63, 3.8) is 0 Å². The third-order valence-electron chi connectivity index (χ3n) is 10.4. The van der Waals surface area contributed by atoms with Gasteiger partial charge in [-0.15, -0.1) is 0 Å². The first kappa shape index (κ1) is 34.2. The number of anilines is 1. The van der Waals surface area contributed by atoms with Crippen molar-refractivity contribution in [2.45, 2.75) is 62.1 Å². The monoisotopic (exact) mass is 724 g/mol. The lowest BCUT2D eigenvalue weighted by atomic mass is 10.1. The van der Waals surface area contributed by atoms with Crippen molar-refractivity contribution in [2.75, 3.05) is 25.6 Å². The summed E-state index contributed by atoms with van der Waals surface area (Å²) in [4.78, 5) is 26.3. The van der Waals surface area contributed by atoms with Gasteiger partial charge in [-0.2, -0.15) is 0 Å². The highest BCUT2D eigenvalue weighted by Crippen LogP contribution is 2.59. The van der Waals surface area contributed by atoms with E-state index in [1.165, 1.54) is 16.7 Å². The summed E-state index contributed by atoms with van der Waals surface area (Å²) >= 11 is 0. The molecule has 2 aromatic heterocycles. The summed E-state index contributed by atoms with van der Waals surface area (Å²) in [7, 11) is -2.03. The molecule has 2 N–H and O–H groups in total. The number of ether oxygens (including phenoxy) is 2. The van der Waals surface area contributed by atoms with E-state index in [0.29, 0.717) is 16.7 Å². The molecule has 3 aliphatic heterocycles. The van der Waals surface area contributed by atoms with Crippen LogP contribution in [0.2, 0.25) is 12.6 Å². The molecule has 264 valence electrons. The molecule has 7 atom stereocenters. The Morgan fingerprint density at radius 3 is 2.31 bits per heavy atom. The molecule has 3 aliphatic rings. The SMILES string of the molecule is CO[C@H]1C(O[P@@]2O[C@H](C[Si](C)(c3ccccc3)c3ccccc3)[C@@H]3CCCN32)[C@@H](CO)O[C@H]1n1cnc2c(NC(=O)c3ccccc3)ncnc21. The lowest BCUT2D eigenvalue weighted by Crippen LogP contribution is -2.58. The minimum Gasteiger partial charge on any atom is -0.394 e. The molecule has 5 aromatic rings. The number of aromatic nitrogens is 4. The van der Waals surface area contributed by atoms with Gasteiger partial charge in [-0.1, -0.05) is 95.8 Å². The summed E-state index contributed by atoms with van der Waals surface area (Å²) < 4.78 is 30.4. The predicted octanol–water partition coefficient (Wildman–Crippen LogP) is 4.35. The van der Waals surface area contributed by atoms with E-state index in [2.05, 4.69) is 92.1 Å². The van der Waals surface area contributed by atoms with Crippen LogP contribution < -0.4 is 15.7 Å². The smallest absolute Gasteiger partial charge is 0.259 e. The van der Waals surface area contributed by atoms with Crippen molar-refractivity contribution in [3.8, 4) is 0 Å². The summed E-state index contributed by atoms with van der Waals surface area (Å²) in [6.07, 6.45) is 2.45. The Hall–Kier alpha value is -3.91. The van der Waals surface area contributed by atoms with Gasteiger partial charge in [-0.05, 0) is 31.0 Å². The molecular weight excluding hydrogens is 684 g/mol. The molecule has 0 bridgehead atoms. The molecule has 0 aliphatic carbocycles. The molecule has 3 fully saturated rings. The fourth-order valence-electron chi connectivity index (χ4n) is 7.74. The fourth-order valence-corrected chi connectivity index (χ4v) is 13.7. The fraction of sp³-hybridized carbons (Fsp3) is 0.351. The van der Waals surface area contributed by atoms with Crippen molar-refractivity contribution in [1.82, 2.24) is 24.2 Å². The van der Waals surface area contributed by atoms with Crippen molar-refractivity contribution in [3.05, 3.63) is 109 Å². The van der Waals surface area contributed by atoms with Crippen LogP contribution in [0.4, 0.5) is 5.82 Å². The number of aliphatic hydroxyl groups is 1. The highest BCUT2D eigenvalue weighted by atomic mass is 31.2. The second-order valence-electron chi connectivity index (χ2n) is 13.4. The van der Waals surface area contributed by atoms with Crippen LogP contribution in [0.5, 0.6) is 0 Å². The molecular formula is C37H41N6O6PSi. The van der Waals surface area contributed by atoms with Crippen LogP contribution in [-0.2, 0) is 18.5 Å². The maximum absolute atomic E-state index is 12.9. The predicted molar refractivity (Wildman–Crippen MR) is 196 cm³/mol. The van der Waals surface area contributed by atoms with E-state index in [1.807, 2.05) is 6.07 Å². The molecule has 3 saturated heterocycles. The quantitative estimate of drug-likeness (QED) is 0.150. The maximum Gasteiger partial charge on any atom is 0.259 e. The second-order valence-corrected chi connectivity index (χ2v) is 19.0. The van der Waals surface area contributed by atoms with Gasteiger partial charge in [0.05, 0.1) is 19.0 Å². The van der Waals surface area contributed by atoms with Gasteiger partial charge >= 0.3 is 0 Å². The normalized spacial score (nSPS) is 26.5. The standard InChI is InChI=1S/C37H41N6O6PSi/c1-46-33-32(29(21-44)47-37(33)42-24-40-31-34(38-23-39-35(31)42)41-36(45)25-13-6-3-7-14-25)49-50-43-20-12-19-28(43)30(48-50)22-51(2,26-15-8-4-9-16-26)27-17-10-5-11-18-27/h3-11,13-18,23-24,28-30,32-33,37,44H,12,19-22H2,1-2H3,(H,38,39,41,45)/t28-,29+,30+,32?,33-,37+,50+/m0/s1. The van der Waals surface area contributed by atoms with Crippen LogP contribution in [0.25, 0.3) is 11.2 Å². The van der Waals surface area contributed by atoms with Gasteiger partial charge in [0.1, 0.15) is 32.7 Å². The van der Waals surface area contributed by atoms with E-state index >= 15 is 0 Å². The number of hydrogen-bond acceptors (Lipinski definition) is 10. The number of nitrogens with zero attached hydrogens (tertiary/aromatic N) is 5. The number of amides is 1. The molecule has 5 heterocycles. The zero-order chi connectivity index (χ0) is 35.0. The van der Waals surface area contributed by atoms with E-state index in [4.69, 9.17) is 18.5 Å². The van der Waals surface area contributed by atoms with Crippen LogP contribution >= 0.6 is 8.53 Å². The lowest BCUT2D eigenvalue weighted by molar-refractivity contribution is -0.0583. The third-order valence-corrected chi connectivity index (χ3v) is 16.6. The summed E-state index contributed by atoms with van der Waals surface area (Å²) in [6.45, 7) is 3.06. The first-order valence-electron chi connectivity index (χ1n) is 17.3. The average Bonchev–Trinajstić information content (AvgIpc) is 3.97. The summed E-state index contributed by atoms with van der Waals surface area (Å²) in [5.74, 6) is -0.0275. The number of carbonyl (C=O) groups excluding carboxylic acids is 1. The minimum absolute atomic E-state index is 0.00110. The van der Waals surface area contributed by atoms with Crippen molar-refractivity contribution >= 4 is 49.9 Å². The first-order chi connectivity index (χ1) is 25.0. The van der Waals surface area contributed by atoms with Gasteiger partial charge in [0.25, 0.3) is 14.4 Å². The van der Waals surface area contributed by atoms with Crippen LogP contribution in [0.1, 0.15) is 29.4 Å². The zero-order valence-electron chi connectivity index (χ0n) is 28.5. The van der Waals surface area contributed by atoms with E-state index in [0.717, 1.165) is 25.4 Å².